The Morgan fingerprint density at radius 3 is 2.69 bits per heavy atom. The van der Waals surface area contributed by atoms with Crippen molar-refractivity contribution in [1.82, 2.24) is 19.7 Å². The van der Waals surface area contributed by atoms with Crippen molar-refractivity contribution < 1.29 is 9.53 Å². The van der Waals surface area contributed by atoms with E-state index < -0.39 is 0 Å². The number of nitrogens with zero attached hydrogens (tertiary/aromatic N) is 5. The Hall–Kier alpha value is -2.67. The van der Waals surface area contributed by atoms with Crippen LogP contribution in [0.3, 0.4) is 0 Å². The van der Waals surface area contributed by atoms with E-state index in [-0.39, 0.29) is 12.1 Å². The number of aromatic nitrogens is 4. The summed E-state index contributed by atoms with van der Waals surface area (Å²) in [4.78, 5) is 23.6. The highest BCUT2D eigenvalue weighted by Crippen LogP contribution is 2.22. The summed E-state index contributed by atoms with van der Waals surface area (Å²) in [5, 5.41) is 5.85. The number of halogens is 1. The van der Waals surface area contributed by atoms with Gasteiger partial charge in [0.15, 0.2) is 5.65 Å². The van der Waals surface area contributed by atoms with Gasteiger partial charge in [-0.2, -0.15) is 5.10 Å². The van der Waals surface area contributed by atoms with Crippen molar-refractivity contribution in [2.75, 3.05) is 18.0 Å². The van der Waals surface area contributed by atoms with Crippen molar-refractivity contribution in [1.29, 1.82) is 0 Å². The number of carbonyl (C=O) groups excluding carboxylic acids is 1. The number of esters is 1. The first-order chi connectivity index (χ1) is 14.0. The molecule has 4 rings (SSSR count). The molecule has 3 aromatic heterocycles. The van der Waals surface area contributed by atoms with Gasteiger partial charge in [-0.25, -0.2) is 19.4 Å². The number of piperidine rings is 1. The minimum absolute atomic E-state index is 0.106. The van der Waals surface area contributed by atoms with Crippen molar-refractivity contribution >= 4 is 34.4 Å². The average molecular weight is 414 g/mol. The van der Waals surface area contributed by atoms with Crippen LogP contribution in [0.25, 0.3) is 11.0 Å². The van der Waals surface area contributed by atoms with E-state index in [1.807, 2.05) is 16.8 Å². The Labute approximate surface area is 174 Å². The lowest BCUT2D eigenvalue weighted by Gasteiger charge is -2.32. The van der Waals surface area contributed by atoms with Gasteiger partial charge in [0.05, 0.1) is 16.8 Å². The fourth-order valence-electron chi connectivity index (χ4n) is 3.54. The zero-order chi connectivity index (χ0) is 20.4. The van der Waals surface area contributed by atoms with Crippen LogP contribution in [-0.2, 0) is 11.3 Å². The Bertz CT molecular complexity index is 994. The fraction of sp³-hybridized carbons (Fsp3) is 0.429. The predicted molar refractivity (Wildman–Crippen MR) is 112 cm³/mol. The molecule has 152 valence electrons. The summed E-state index contributed by atoms with van der Waals surface area (Å²) in [6.45, 7) is 6.63. The van der Waals surface area contributed by atoms with Crippen molar-refractivity contribution in [3.8, 4) is 0 Å². The summed E-state index contributed by atoms with van der Waals surface area (Å²) in [6.07, 6.45) is 6.39. The maximum absolute atomic E-state index is 12.6. The number of fused-ring (bicyclic) bond motifs is 1. The zero-order valence-corrected chi connectivity index (χ0v) is 17.3. The number of pyridine rings is 2. The smallest absolute Gasteiger partial charge is 0.340 e. The molecule has 1 aliphatic rings. The largest absolute Gasteiger partial charge is 0.459 e. The molecule has 8 heteroatoms. The second-order valence-corrected chi connectivity index (χ2v) is 8.22. The molecular formula is C21H24ClN5O2. The number of anilines is 1. The Kier molecular flexibility index (Phi) is 5.67. The van der Waals surface area contributed by atoms with Gasteiger partial charge in [0.25, 0.3) is 0 Å². The van der Waals surface area contributed by atoms with Crippen LogP contribution in [0, 0.1) is 5.92 Å². The van der Waals surface area contributed by atoms with E-state index in [1.165, 1.54) is 0 Å². The number of rotatable bonds is 5. The number of hydrogen-bond acceptors (Lipinski definition) is 6. The molecule has 0 atom stereocenters. The molecule has 3 aromatic rings. The van der Waals surface area contributed by atoms with Gasteiger partial charge in [-0.05, 0) is 24.1 Å². The summed E-state index contributed by atoms with van der Waals surface area (Å²) >= 11 is 5.90. The predicted octanol–water partition coefficient (Wildman–Crippen LogP) is 3.96. The maximum Gasteiger partial charge on any atom is 0.340 e. The molecule has 0 N–H and O–H groups in total. The van der Waals surface area contributed by atoms with Crippen molar-refractivity contribution in [2.24, 2.45) is 5.92 Å². The summed E-state index contributed by atoms with van der Waals surface area (Å²) < 4.78 is 7.60. The molecule has 29 heavy (non-hydrogen) atoms. The molecule has 0 unspecified atom stereocenters. The molecule has 1 fully saturated rings. The Morgan fingerprint density at radius 2 is 2.00 bits per heavy atom. The lowest BCUT2D eigenvalue weighted by atomic mass is 10.1. The third kappa shape index (κ3) is 4.50. The molecule has 1 aliphatic heterocycles. The van der Waals surface area contributed by atoms with Gasteiger partial charge in [0.2, 0.25) is 0 Å². The third-order valence-electron chi connectivity index (χ3n) is 5.00. The molecule has 0 aromatic carbocycles. The van der Waals surface area contributed by atoms with Crippen LogP contribution in [0.4, 0.5) is 5.82 Å². The highest BCUT2D eigenvalue weighted by molar-refractivity contribution is 6.30. The molecule has 7 nitrogen and oxygen atoms in total. The number of hydrogen-bond donors (Lipinski definition) is 0. The first kappa shape index (κ1) is 19.6. The summed E-state index contributed by atoms with van der Waals surface area (Å²) in [5.41, 5.74) is 1.25. The summed E-state index contributed by atoms with van der Waals surface area (Å²) in [6, 6.07) is 5.55. The SMILES string of the molecule is CC(C)Cn1ncc2cc(C(=O)OC3CCN(c4ccc(Cl)cn4)CC3)cnc21. The van der Waals surface area contributed by atoms with Gasteiger partial charge in [0.1, 0.15) is 11.9 Å². The van der Waals surface area contributed by atoms with Crippen LogP contribution < -0.4 is 4.90 Å². The van der Waals surface area contributed by atoms with Crippen molar-refractivity contribution in [2.45, 2.75) is 39.3 Å². The third-order valence-corrected chi connectivity index (χ3v) is 5.22. The molecule has 0 bridgehead atoms. The number of ether oxygens (including phenoxy) is 1. The molecule has 0 saturated carbocycles. The van der Waals surface area contributed by atoms with E-state index in [0.717, 1.165) is 49.3 Å². The highest BCUT2D eigenvalue weighted by atomic mass is 35.5. The molecule has 1 saturated heterocycles. The fourth-order valence-corrected chi connectivity index (χ4v) is 3.65. The first-order valence-electron chi connectivity index (χ1n) is 9.88. The van der Waals surface area contributed by atoms with Crippen LogP contribution in [0.15, 0.2) is 36.8 Å². The molecule has 4 heterocycles. The van der Waals surface area contributed by atoms with Crippen LogP contribution in [-0.4, -0.2) is 44.9 Å². The van der Waals surface area contributed by atoms with Gasteiger partial charge in [-0.15, -0.1) is 0 Å². The van der Waals surface area contributed by atoms with E-state index in [9.17, 15) is 4.79 Å². The molecule has 0 aliphatic carbocycles. The van der Waals surface area contributed by atoms with E-state index in [4.69, 9.17) is 16.3 Å². The van der Waals surface area contributed by atoms with Gasteiger partial charge >= 0.3 is 5.97 Å². The van der Waals surface area contributed by atoms with E-state index >= 15 is 0 Å². The van der Waals surface area contributed by atoms with Crippen LogP contribution in [0.2, 0.25) is 5.02 Å². The zero-order valence-electron chi connectivity index (χ0n) is 16.6. The molecule has 0 spiro atoms. The Morgan fingerprint density at radius 1 is 1.21 bits per heavy atom. The molecule has 0 amide bonds. The lowest BCUT2D eigenvalue weighted by Crippen LogP contribution is -2.38. The topological polar surface area (TPSA) is 73.1 Å². The average Bonchev–Trinajstić information content (AvgIpc) is 3.10. The minimum Gasteiger partial charge on any atom is -0.459 e. The van der Waals surface area contributed by atoms with Gasteiger partial charge in [-0.1, -0.05) is 25.4 Å². The van der Waals surface area contributed by atoms with Crippen LogP contribution >= 0.6 is 11.6 Å². The Balaban J connectivity index is 1.36. The van der Waals surface area contributed by atoms with Crippen molar-refractivity contribution in [3.63, 3.8) is 0 Å². The summed E-state index contributed by atoms with van der Waals surface area (Å²) in [7, 11) is 0. The second-order valence-electron chi connectivity index (χ2n) is 7.78. The van der Waals surface area contributed by atoms with Crippen LogP contribution in [0.1, 0.15) is 37.0 Å². The quantitative estimate of drug-likeness (QED) is 0.589. The van der Waals surface area contributed by atoms with E-state index in [2.05, 4.69) is 33.8 Å². The minimum atomic E-state index is -0.334. The standard InChI is InChI=1S/C21H24ClN5O2/c1-14(2)13-27-20-15(11-25-27)9-16(10-24-20)21(28)29-18-5-7-26(8-6-18)19-4-3-17(22)12-23-19/h3-4,9-12,14,18H,5-8,13H2,1-2H3. The van der Waals surface area contributed by atoms with E-state index in [1.54, 1.807) is 24.7 Å². The normalized spacial score (nSPS) is 15.2. The lowest BCUT2D eigenvalue weighted by molar-refractivity contribution is 0.0244. The molecule has 0 radical (unpaired) electrons. The van der Waals surface area contributed by atoms with Crippen LogP contribution in [0.5, 0.6) is 0 Å². The van der Waals surface area contributed by atoms with Gasteiger partial charge < -0.3 is 9.64 Å². The first-order valence-corrected chi connectivity index (χ1v) is 10.3. The van der Waals surface area contributed by atoms with Crippen molar-refractivity contribution in [3.05, 3.63) is 47.4 Å². The number of carbonyl (C=O) groups is 1. The van der Waals surface area contributed by atoms with Gasteiger partial charge in [0, 0.05) is 50.3 Å². The highest BCUT2D eigenvalue weighted by Gasteiger charge is 2.24. The second kappa shape index (κ2) is 8.37. The monoisotopic (exact) mass is 413 g/mol. The van der Waals surface area contributed by atoms with Gasteiger partial charge in [-0.3, -0.25) is 0 Å². The van der Waals surface area contributed by atoms with E-state index in [0.29, 0.717) is 16.5 Å². The maximum atomic E-state index is 12.6. The summed E-state index contributed by atoms with van der Waals surface area (Å²) in [5.74, 6) is 1.03. The molecular weight excluding hydrogens is 390 g/mol.